The van der Waals surface area contributed by atoms with E-state index in [1.54, 1.807) is 13.3 Å². The highest BCUT2D eigenvalue weighted by Gasteiger charge is 2.22. The predicted octanol–water partition coefficient (Wildman–Crippen LogP) is 5.56. The standard InChI is InChI=1S/C26H36N4O/c1-18(2)29-17-24(15-27)23-11-12-28-26(14-23)30-16-20-5-7-21(8-6-20)22-9-10-25(31-4)19(3)13-22/h9-15,17-18,20-21H,5-8,16,27H2,1-4H3,(H,28,30). The molecule has 0 saturated heterocycles. The third-order valence-corrected chi connectivity index (χ3v) is 6.09. The molecule has 0 spiro atoms. The molecule has 1 aliphatic carbocycles. The molecule has 3 rings (SSSR count). The van der Waals surface area contributed by atoms with Gasteiger partial charge in [0, 0.05) is 36.8 Å². The van der Waals surface area contributed by atoms with E-state index in [1.165, 1.54) is 36.8 Å². The van der Waals surface area contributed by atoms with Crippen molar-refractivity contribution in [2.45, 2.75) is 58.4 Å². The van der Waals surface area contributed by atoms with E-state index in [0.717, 1.165) is 29.2 Å². The van der Waals surface area contributed by atoms with Crippen molar-refractivity contribution in [2.24, 2.45) is 16.6 Å². The molecule has 31 heavy (non-hydrogen) atoms. The van der Waals surface area contributed by atoms with Gasteiger partial charge in [-0.2, -0.15) is 0 Å². The molecule has 0 amide bonds. The van der Waals surface area contributed by atoms with Crippen LogP contribution in [0.15, 0.2) is 47.7 Å². The molecule has 1 aromatic heterocycles. The fraction of sp³-hybridized carbons (Fsp3) is 0.462. The fourth-order valence-corrected chi connectivity index (χ4v) is 4.25. The first kappa shape index (κ1) is 22.9. The van der Waals surface area contributed by atoms with Gasteiger partial charge in [-0.15, -0.1) is 0 Å². The number of rotatable bonds is 8. The number of benzene rings is 1. The molecule has 0 radical (unpaired) electrons. The van der Waals surface area contributed by atoms with E-state index in [1.807, 2.05) is 18.5 Å². The Balaban J connectivity index is 1.53. The van der Waals surface area contributed by atoms with Crippen molar-refractivity contribution in [1.82, 2.24) is 4.98 Å². The number of allylic oxidation sites excluding steroid dienone is 1. The van der Waals surface area contributed by atoms with Crippen LogP contribution in [0.1, 0.15) is 62.1 Å². The molecule has 1 aromatic carbocycles. The van der Waals surface area contributed by atoms with E-state index in [9.17, 15) is 0 Å². The lowest BCUT2D eigenvalue weighted by Gasteiger charge is -2.29. The van der Waals surface area contributed by atoms with Crippen molar-refractivity contribution in [1.29, 1.82) is 0 Å². The Morgan fingerprint density at radius 3 is 2.65 bits per heavy atom. The Kier molecular flexibility index (Phi) is 8.10. The van der Waals surface area contributed by atoms with Crippen LogP contribution in [0.4, 0.5) is 5.82 Å². The molecule has 0 atom stereocenters. The molecule has 1 heterocycles. The van der Waals surface area contributed by atoms with E-state index in [4.69, 9.17) is 10.5 Å². The number of aryl methyl sites for hydroxylation is 1. The Labute approximate surface area is 186 Å². The number of anilines is 1. The Morgan fingerprint density at radius 1 is 1.23 bits per heavy atom. The van der Waals surface area contributed by atoms with Crippen LogP contribution in [0.5, 0.6) is 5.75 Å². The average molecular weight is 421 g/mol. The van der Waals surface area contributed by atoms with Gasteiger partial charge in [-0.1, -0.05) is 12.1 Å². The molecule has 3 N–H and O–H groups in total. The third kappa shape index (κ3) is 6.33. The number of nitrogens with two attached hydrogens (primary N) is 1. The maximum Gasteiger partial charge on any atom is 0.126 e. The lowest BCUT2D eigenvalue weighted by molar-refractivity contribution is 0.338. The zero-order valence-electron chi connectivity index (χ0n) is 19.3. The first-order valence-electron chi connectivity index (χ1n) is 11.3. The van der Waals surface area contributed by atoms with E-state index < -0.39 is 0 Å². The van der Waals surface area contributed by atoms with E-state index >= 15 is 0 Å². The minimum atomic E-state index is 0.242. The van der Waals surface area contributed by atoms with Gasteiger partial charge in [-0.3, -0.25) is 4.99 Å². The summed E-state index contributed by atoms with van der Waals surface area (Å²) in [5.41, 5.74) is 10.4. The van der Waals surface area contributed by atoms with Crippen molar-refractivity contribution >= 4 is 17.6 Å². The quantitative estimate of drug-likeness (QED) is 0.548. The van der Waals surface area contributed by atoms with Crippen LogP contribution in [-0.4, -0.2) is 30.9 Å². The Bertz CT molecular complexity index is 911. The van der Waals surface area contributed by atoms with Gasteiger partial charge in [0.25, 0.3) is 0 Å². The van der Waals surface area contributed by atoms with Gasteiger partial charge in [0.2, 0.25) is 0 Å². The van der Waals surface area contributed by atoms with Crippen molar-refractivity contribution in [2.75, 3.05) is 19.0 Å². The molecule has 1 saturated carbocycles. The number of pyridine rings is 1. The molecule has 166 valence electrons. The highest BCUT2D eigenvalue weighted by atomic mass is 16.5. The maximum absolute atomic E-state index is 5.82. The first-order chi connectivity index (χ1) is 15.0. The first-order valence-corrected chi connectivity index (χ1v) is 11.3. The SMILES string of the molecule is COc1ccc(C2CCC(CNc3cc(C(C=NC(C)C)=CN)ccn3)CC2)cc1C. The predicted molar refractivity (Wildman–Crippen MR) is 131 cm³/mol. The second-order valence-electron chi connectivity index (χ2n) is 8.75. The number of aliphatic imine (C=N–C) groups is 1. The third-order valence-electron chi connectivity index (χ3n) is 6.09. The fourth-order valence-electron chi connectivity index (χ4n) is 4.25. The van der Waals surface area contributed by atoms with E-state index in [-0.39, 0.29) is 6.04 Å². The van der Waals surface area contributed by atoms with Gasteiger partial charge in [-0.05, 0) is 93.2 Å². The largest absolute Gasteiger partial charge is 0.496 e. The number of nitrogens with zero attached hydrogens (tertiary/aromatic N) is 2. The van der Waals surface area contributed by atoms with Crippen LogP contribution < -0.4 is 15.8 Å². The van der Waals surface area contributed by atoms with E-state index in [2.05, 4.69) is 60.3 Å². The molecule has 0 aliphatic heterocycles. The minimum Gasteiger partial charge on any atom is -0.496 e. The van der Waals surface area contributed by atoms with Crippen LogP contribution in [0, 0.1) is 12.8 Å². The number of hydrogen-bond acceptors (Lipinski definition) is 5. The number of aromatic nitrogens is 1. The molecule has 0 unspecified atom stereocenters. The molecular weight excluding hydrogens is 384 g/mol. The van der Waals surface area contributed by atoms with Crippen LogP contribution in [-0.2, 0) is 0 Å². The topological polar surface area (TPSA) is 72.5 Å². The van der Waals surface area contributed by atoms with Crippen LogP contribution in [0.25, 0.3) is 5.57 Å². The second kappa shape index (κ2) is 11.0. The summed E-state index contributed by atoms with van der Waals surface area (Å²) in [6.07, 6.45) is 10.2. The van der Waals surface area contributed by atoms with Crippen LogP contribution >= 0.6 is 0 Å². The highest BCUT2D eigenvalue weighted by Crippen LogP contribution is 2.37. The van der Waals surface area contributed by atoms with Crippen LogP contribution in [0.3, 0.4) is 0 Å². The molecule has 2 aromatic rings. The molecular formula is C26H36N4O. The normalized spacial score (nSPS) is 19.7. The Hall–Kier alpha value is -2.82. The van der Waals surface area contributed by atoms with Gasteiger partial charge in [0.05, 0.1) is 7.11 Å². The summed E-state index contributed by atoms with van der Waals surface area (Å²) >= 11 is 0. The lowest BCUT2D eigenvalue weighted by atomic mass is 9.78. The molecule has 5 nitrogen and oxygen atoms in total. The summed E-state index contributed by atoms with van der Waals surface area (Å²) < 4.78 is 5.40. The minimum absolute atomic E-state index is 0.242. The van der Waals surface area contributed by atoms with Crippen molar-refractivity contribution in [3.63, 3.8) is 0 Å². The van der Waals surface area contributed by atoms with Gasteiger partial charge in [-0.25, -0.2) is 4.98 Å². The highest BCUT2D eigenvalue weighted by molar-refractivity contribution is 6.09. The number of nitrogens with one attached hydrogen (secondary N) is 1. The summed E-state index contributed by atoms with van der Waals surface area (Å²) in [6, 6.07) is 10.9. The monoisotopic (exact) mass is 420 g/mol. The summed E-state index contributed by atoms with van der Waals surface area (Å²) in [4.78, 5) is 8.94. The summed E-state index contributed by atoms with van der Waals surface area (Å²) in [5, 5.41) is 3.54. The smallest absolute Gasteiger partial charge is 0.126 e. The van der Waals surface area contributed by atoms with Gasteiger partial charge in [0.15, 0.2) is 0 Å². The molecule has 5 heteroatoms. The average Bonchev–Trinajstić information content (AvgIpc) is 2.78. The number of ether oxygens (including phenoxy) is 1. The van der Waals surface area contributed by atoms with Crippen molar-refractivity contribution < 1.29 is 4.74 Å². The second-order valence-corrected chi connectivity index (χ2v) is 8.75. The van der Waals surface area contributed by atoms with E-state index in [0.29, 0.717) is 11.8 Å². The molecule has 1 fully saturated rings. The summed E-state index contributed by atoms with van der Waals surface area (Å²) in [6.45, 7) is 7.18. The number of hydrogen-bond donors (Lipinski definition) is 2. The van der Waals surface area contributed by atoms with Gasteiger partial charge < -0.3 is 15.8 Å². The van der Waals surface area contributed by atoms with Crippen molar-refractivity contribution in [3.05, 3.63) is 59.4 Å². The zero-order chi connectivity index (χ0) is 22.2. The summed E-state index contributed by atoms with van der Waals surface area (Å²) in [7, 11) is 1.73. The summed E-state index contributed by atoms with van der Waals surface area (Å²) in [5.74, 6) is 3.19. The van der Waals surface area contributed by atoms with Crippen molar-refractivity contribution in [3.8, 4) is 5.75 Å². The molecule has 1 aliphatic rings. The maximum atomic E-state index is 5.82. The molecule has 0 bridgehead atoms. The Morgan fingerprint density at radius 2 is 2.00 bits per heavy atom. The number of methoxy groups -OCH3 is 1. The lowest BCUT2D eigenvalue weighted by Crippen LogP contribution is -2.21. The van der Waals surface area contributed by atoms with Gasteiger partial charge >= 0.3 is 0 Å². The van der Waals surface area contributed by atoms with Crippen LogP contribution in [0.2, 0.25) is 0 Å². The van der Waals surface area contributed by atoms with Gasteiger partial charge in [0.1, 0.15) is 11.6 Å². The zero-order valence-corrected chi connectivity index (χ0v) is 19.3.